The van der Waals surface area contributed by atoms with Crippen LogP contribution in [0.15, 0.2) is 18.2 Å². The van der Waals surface area contributed by atoms with E-state index in [0.29, 0.717) is 16.7 Å². The maximum atomic E-state index is 9.45. The van der Waals surface area contributed by atoms with E-state index in [4.69, 9.17) is 16.3 Å². The lowest BCUT2D eigenvalue weighted by Crippen LogP contribution is -2.21. The molecule has 100 valence electrons. The van der Waals surface area contributed by atoms with Gasteiger partial charge in [-0.15, -0.1) is 0 Å². The lowest BCUT2D eigenvalue weighted by Gasteiger charge is -2.11. The summed E-state index contributed by atoms with van der Waals surface area (Å²) in [6.07, 6.45) is 2.90. The number of halogens is 1. The number of benzene rings is 1. The molecule has 0 heterocycles. The molecule has 0 spiro atoms. The first kappa shape index (κ1) is 13.7. The Morgan fingerprint density at radius 3 is 2.89 bits per heavy atom. The maximum absolute atomic E-state index is 9.45. The van der Waals surface area contributed by atoms with Crippen LogP contribution in [0.5, 0.6) is 5.75 Å². The van der Waals surface area contributed by atoms with E-state index in [1.54, 1.807) is 7.11 Å². The summed E-state index contributed by atoms with van der Waals surface area (Å²) in [7, 11) is 1.62. The number of nitrogens with one attached hydrogen (secondary N) is 1. The summed E-state index contributed by atoms with van der Waals surface area (Å²) in [6, 6.07) is 5.83. The Kier molecular flexibility index (Phi) is 4.87. The number of methoxy groups -OCH3 is 1. The third kappa shape index (κ3) is 3.61. The van der Waals surface area contributed by atoms with E-state index in [2.05, 4.69) is 5.32 Å². The van der Waals surface area contributed by atoms with Crippen LogP contribution in [0.2, 0.25) is 5.02 Å². The van der Waals surface area contributed by atoms with Crippen LogP contribution < -0.4 is 10.1 Å². The van der Waals surface area contributed by atoms with Crippen molar-refractivity contribution in [3.8, 4) is 5.75 Å². The van der Waals surface area contributed by atoms with Crippen molar-refractivity contribution < 1.29 is 9.84 Å². The number of aliphatic hydroxyl groups excluding tert-OH is 1. The molecule has 1 aromatic carbocycles. The zero-order chi connectivity index (χ0) is 13.0. The van der Waals surface area contributed by atoms with Gasteiger partial charge in [0.25, 0.3) is 0 Å². The van der Waals surface area contributed by atoms with Crippen molar-refractivity contribution in [2.75, 3.05) is 13.7 Å². The Morgan fingerprint density at radius 2 is 2.28 bits per heavy atom. The molecule has 2 N–H and O–H groups in total. The van der Waals surface area contributed by atoms with Crippen LogP contribution in [0.25, 0.3) is 0 Å². The first-order valence-electron chi connectivity index (χ1n) is 6.40. The summed E-state index contributed by atoms with van der Waals surface area (Å²) in [5.41, 5.74) is 1.15. The zero-order valence-electron chi connectivity index (χ0n) is 10.7. The Morgan fingerprint density at radius 1 is 1.44 bits per heavy atom. The first-order valence-corrected chi connectivity index (χ1v) is 6.78. The van der Waals surface area contributed by atoms with E-state index in [1.165, 1.54) is 0 Å². The van der Waals surface area contributed by atoms with Gasteiger partial charge < -0.3 is 15.2 Å². The van der Waals surface area contributed by atoms with E-state index in [0.717, 1.165) is 37.9 Å². The highest BCUT2D eigenvalue weighted by Crippen LogP contribution is 2.26. The van der Waals surface area contributed by atoms with Gasteiger partial charge in [-0.05, 0) is 49.4 Å². The number of aliphatic hydroxyl groups is 1. The second kappa shape index (κ2) is 6.41. The van der Waals surface area contributed by atoms with E-state index in [-0.39, 0.29) is 6.10 Å². The highest BCUT2D eigenvalue weighted by Gasteiger charge is 2.21. The molecule has 0 amide bonds. The number of hydrogen-bond acceptors (Lipinski definition) is 3. The molecule has 0 radical (unpaired) electrons. The van der Waals surface area contributed by atoms with Gasteiger partial charge in [0.15, 0.2) is 0 Å². The molecule has 1 aliphatic carbocycles. The minimum Gasteiger partial charge on any atom is -0.495 e. The average Bonchev–Trinajstić information content (AvgIpc) is 2.75. The van der Waals surface area contributed by atoms with Gasteiger partial charge in [-0.1, -0.05) is 17.7 Å². The summed E-state index contributed by atoms with van der Waals surface area (Å²) < 4.78 is 5.12. The second-order valence-corrected chi connectivity index (χ2v) is 5.34. The standard InChI is InChI=1S/C14H20ClNO2/c1-18-14-5-3-11(7-13(14)15)9-16-8-10-2-4-12(17)6-10/h3,5,7,10,12,16-17H,2,4,6,8-9H2,1H3. The van der Waals surface area contributed by atoms with Crippen molar-refractivity contribution in [1.82, 2.24) is 5.32 Å². The molecule has 3 nitrogen and oxygen atoms in total. The van der Waals surface area contributed by atoms with Crippen LogP contribution in [0.3, 0.4) is 0 Å². The molecule has 2 unspecified atom stereocenters. The molecule has 1 fully saturated rings. The molecule has 2 rings (SSSR count). The van der Waals surface area contributed by atoms with Gasteiger partial charge in [0.1, 0.15) is 5.75 Å². The lowest BCUT2D eigenvalue weighted by molar-refractivity contribution is 0.177. The third-order valence-corrected chi connectivity index (χ3v) is 3.79. The van der Waals surface area contributed by atoms with Crippen LogP contribution in [0, 0.1) is 5.92 Å². The number of hydrogen-bond donors (Lipinski definition) is 2. The predicted molar refractivity (Wildman–Crippen MR) is 73.1 cm³/mol. The fraction of sp³-hybridized carbons (Fsp3) is 0.571. The molecule has 4 heteroatoms. The van der Waals surface area contributed by atoms with Crippen LogP contribution in [-0.2, 0) is 6.54 Å². The van der Waals surface area contributed by atoms with E-state index >= 15 is 0 Å². The SMILES string of the molecule is COc1ccc(CNCC2CCC(O)C2)cc1Cl. The smallest absolute Gasteiger partial charge is 0.137 e. The Hall–Kier alpha value is -0.770. The van der Waals surface area contributed by atoms with E-state index < -0.39 is 0 Å². The summed E-state index contributed by atoms with van der Waals surface area (Å²) >= 11 is 6.07. The molecule has 2 atom stereocenters. The van der Waals surface area contributed by atoms with Crippen molar-refractivity contribution in [3.63, 3.8) is 0 Å². The van der Waals surface area contributed by atoms with Gasteiger partial charge in [-0.2, -0.15) is 0 Å². The van der Waals surface area contributed by atoms with Crippen molar-refractivity contribution in [3.05, 3.63) is 28.8 Å². The fourth-order valence-corrected chi connectivity index (χ4v) is 2.75. The largest absolute Gasteiger partial charge is 0.495 e. The highest BCUT2D eigenvalue weighted by atomic mass is 35.5. The van der Waals surface area contributed by atoms with Gasteiger partial charge in [-0.25, -0.2) is 0 Å². The molecule has 0 aromatic heterocycles. The first-order chi connectivity index (χ1) is 8.69. The van der Waals surface area contributed by atoms with Crippen LogP contribution >= 0.6 is 11.6 Å². The molecular formula is C14H20ClNO2. The normalized spacial score (nSPS) is 23.3. The molecule has 1 saturated carbocycles. The van der Waals surface area contributed by atoms with Gasteiger partial charge in [0.2, 0.25) is 0 Å². The second-order valence-electron chi connectivity index (χ2n) is 4.93. The molecular weight excluding hydrogens is 250 g/mol. The molecule has 0 bridgehead atoms. The summed E-state index contributed by atoms with van der Waals surface area (Å²) in [5.74, 6) is 1.31. The quantitative estimate of drug-likeness (QED) is 0.863. The Bertz CT molecular complexity index is 397. The maximum Gasteiger partial charge on any atom is 0.137 e. The van der Waals surface area contributed by atoms with Crippen molar-refractivity contribution in [2.45, 2.75) is 31.9 Å². The third-order valence-electron chi connectivity index (χ3n) is 3.49. The summed E-state index contributed by atoms with van der Waals surface area (Å²) in [6.45, 7) is 1.76. The van der Waals surface area contributed by atoms with Crippen LogP contribution in [-0.4, -0.2) is 24.9 Å². The van der Waals surface area contributed by atoms with Crippen molar-refractivity contribution in [2.24, 2.45) is 5.92 Å². The van der Waals surface area contributed by atoms with Gasteiger partial charge in [0.05, 0.1) is 18.2 Å². The number of ether oxygens (including phenoxy) is 1. The van der Waals surface area contributed by atoms with E-state index in [9.17, 15) is 5.11 Å². The lowest BCUT2D eigenvalue weighted by atomic mass is 10.1. The molecule has 1 aromatic rings. The average molecular weight is 270 g/mol. The number of rotatable bonds is 5. The van der Waals surface area contributed by atoms with Crippen LogP contribution in [0.4, 0.5) is 0 Å². The van der Waals surface area contributed by atoms with Crippen molar-refractivity contribution >= 4 is 11.6 Å². The monoisotopic (exact) mass is 269 g/mol. The molecule has 0 aliphatic heterocycles. The zero-order valence-corrected chi connectivity index (χ0v) is 11.4. The minimum absolute atomic E-state index is 0.0905. The van der Waals surface area contributed by atoms with Gasteiger partial charge in [-0.3, -0.25) is 0 Å². The molecule has 18 heavy (non-hydrogen) atoms. The Labute approximate surface area is 113 Å². The van der Waals surface area contributed by atoms with Crippen LogP contribution in [0.1, 0.15) is 24.8 Å². The van der Waals surface area contributed by atoms with E-state index in [1.807, 2.05) is 18.2 Å². The Balaban J connectivity index is 1.78. The summed E-state index contributed by atoms with van der Waals surface area (Å²) in [4.78, 5) is 0. The highest BCUT2D eigenvalue weighted by molar-refractivity contribution is 6.32. The predicted octanol–water partition coefficient (Wildman–Crippen LogP) is 2.60. The van der Waals surface area contributed by atoms with Gasteiger partial charge in [0, 0.05) is 6.54 Å². The molecule has 1 aliphatic rings. The topological polar surface area (TPSA) is 41.5 Å². The van der Waals surface area contributed by atoms with Gasteiger partial charge >= 0.3 is 0 Å². The van der Waals surface area contributed by atoms with Crippen molar-refractivity contribution in [1.29, 1.82) is 0 Å². The summed E-state index contributed by atoms with van der Waals surface area (Å²) in [5, 5.41) is 13.5. The minimum atomic E-state index is -0.0905. The molecule has 0 saturated heterocycles. The fourth-order valence-electron chi connectivity index (χ4n) is 2.47.